The topological polar surface area (TPSA) is 68.3 Å². The molecule has 1 radical (unpaired) electrons. The van der Waals surface area contributed by atoms with Crippen LogP contribution in [-0.2, 0) is 36.2 Å². The summed E-state index contributed by atoms with van der Waals surface area (Å²) < 4.78 is 0. The monoisotopic (exact) mass is 375 g/mol. The molecule has 0 spiro atoms. The van der Waals surface area contributed by atoms with Crippen molar-refractivity contribution < 1.29 is 36.2 Å². The first-order valence-electron chi connectivity index (χ1n) is 7.64. The van der Waals surface area contributed by atoms with Crippen LogP contribution in [0.5, 0.6) is 0 Å². The first-order valence-corrected chi connectivity index (χ1v) is 7.64. The van der Waals surface area contributed by atoms with E-state index in [-0.39, 0.29) is 63.9 Å². The van der Waals surface area contributed by atoms with Crippen LogP contribution in [0.2, 0.25) is 0 Å². The van der Waals surface area contributed by atoms with Crippen LogP contribution in [0.25, 0.3) is 0 Å². The largest absolute Gasteiger partial charge is 0.300 e. The number of Topliss-reactive ketones (excluding diaryl/α,β-unsaturated/α-hetero) is 4. The smallest absolute Gasteiger partial charge is 0.140 e. The first-order chi connectivity index (χ1) is 9.62. The molecule has 0 heterocycles. The minimum absolute atomic E-state index is 0. The van der Waals surface area contributed by atoms with Crippen molar-refractivity contribution in [1.29, 1.82) is 0 Å². The third-order valence-corrected chi connectivity index (χ3v) is 2.35. The average Bonchev–Trinajstić information content (AvgIpc) is 2.07. The van der Waals surface area contributed by atoms with E-state index in [1.54, 1.807) is 0 Å². The van der Waals surface area contributed by atoms with E-state index in [1.807, 2.05) is 41.5 Å². The summed E-state index contributed by atoms with van der Waals surface area (Å²) in [6.07, 6.45) is 1.17. The van der Waals surface area contributed by atoms with Gasteiger partial charge < -0.3 is 0 Å². The summed E-state index contributed by atoms with van der Waals surface area (Å²) >= 11 is 0. The van der Waals surface area contributed by atoms with Crippen molar-refractivity contribution in [2.24, 2.45) is 10.8 Å². The molecule has 0 aromatic heterocycles. The fraction of sp³-hybridized carbons (Fsp3) is 0.778. The van der Waals surface area contributed by atoms with Gasteiger partial charge in [-0.2, -0.15) is 0 Å². The van der Waals surface area contributed by atoms with E-state index >= 15 is 0 Å². The Balaban J connectivity index is -0.000000333. The molecule has 5 heteroatoms. The number of carbonyl (C=O) groups is 4. The van der Waals surface area contributed by atoms with Crippen LogP contribution in [0, 0.1) is 10.8 Å². The SMILES string of the molecule is CC(=O)CC(=O)CC(C)(C)C.CC(=O)CC(=O)CC(C)(C)C.[Cu]. The molecule has 0 aromatic carbocycles. The summed E-state index contributed by atoms with van der Waals surface area (Å²) in [5, 5.41) is 0. The van der Waals surface area contributed by atoms with Crippen molar-refractivity contribution in [3.8, 4) is 0 Å². The van der Waals surface area contributed by atoms with E-state index in [4.69, 9.17) is 0 Å². The second kappa shape index (κ2) is 11.7. The predicted molar refractivity (Wildman–Crippen MR) is 88.8 cm³/mol. The molecule has 0 aromatic rings. The normalized spacial score (nSPS) is 10.8. The van der Waals surface area contributed by atoms with Gasteiger partial charge in [0, 0.05) is 29.9 Å². The maximum Gasteiger partial charge on any atom is 0.140 e. The van der Waals surface area contributed by atoms with E-state index < -0.39 is 0 Å². The fourth-order valence-electron chi connectivity index (χ4n) is 1.86. The van der Waals surface area contributed by atoms with E-state index in [0.29, 0.717) is 12.8 Å². The van der Waals surface area contributed by atoms with Gasteiger partial charge in [0.25, 0.3) is 0 Å². The zero-order valence-corrected chi connectivity index (χ0v) is 16.7. The molecular weight excluding hydrogens is 344 g/mol. The van der Waals surface area contributed by atoms with Crippen LogP contribution in [0.4, 0.5) is 0 Å². The van der Waals surface area contributed by atoms with Gasteiger partial charge in [0.2, 0.25) is 0 Å². The second-order valence-electron chi connectivity index (χ2n) is 8.31. The summed E-state index contributed by atoms with van der Waals surface area (Å²) in [5.74, 6) is 0.00787. The second-order valence-corrected chi connectivity index (χ2v) is 8.31. The predicted octanol–water partition coefficient (Wildman–Crippen LogP) is 3.94. The summed E-state index contributed by atoms with van der Waals surface area (Å²) in [6, 6.07) is 0. The molecule has 0 fully saturated rings. The van der Waals surface area contributed by atoms with Gasteiger partial charge in [0.15, 0.2) is 0 Å². The molecular formula is C18H32CuO4. The molecule has 0 atom stereocenters. The van der Waals surface area contributed by atoms with Gasteiger partial charge in [0.1, 0.15) is 23.1 Å². The fourth-order valence-corrected chi connectivity index (χ4v) is 1.86. The molecule has 0 aliphatic heterocycles. The minimum atomic E-state index is -0.0424. The van der Waals surface area contributed by atoms with Crippen molar-refractivity contribution in [2.45, 2.75) is 81.1 Å². The van der Waals surface area contributed by atoms with Gasteiger partial charge in [0.05, 0.1) is 12.8 Å². The molecule has 0 N–H and O–H groups in total. The van der Waals surface area contributed by atoms with Crippen LogP contribution in [0.1, 0.15) is 81.1 Å². The Morgan fingerprint density at radius 2 is 0.826 bits per heavy atom. The van der Waals surface area contributed by atoms with Crippen LogP contribution < -0.4 is 0 Å². The van der Waals surface area contributed by atoms with E-state index in [9.17, 15) is 19.2 Å². The Kier molecular flexibility index (Phi) is 13.8. The van der Waals surface area contributed by atoms with Crippen molar-refractivity contribution >= 4 is 23.1 Å². The van der Waals surface area contributed by atoms with Crippen LogP contribution in [0.15, 0.2) is 0 Å². The Hall–Kier alpha value is -0.801. The van der Waals surface area contributed by atoms with E-state index in [2.05, 4.69) is 0 Å². The maximum atomic E-state index is 11.0. The molecule has 4 nitrogen and oxygen atoms in total. The number of rotatable bonds is 6. The van der Waals surface area contributed by atoms with Gasteiger partial charge in [-0.05, 0) is 24.7 Å². The maximum absolute atomic E-state index is 11.0. The molecule has 0 bridgehead atoms. The van der Waals surface area contributed by atoms with Gasteiger partial charge in [-0.1, -0.05) is 41.5 Å². The van der Waals surface area contributed by atoms with Crippen molar-refractivity contribution in [1.82, 2.24) is 0 Å². The summed E-state index contributed by atoms with van der Waals surface area (Å²) in [7, 11) is 0. The Labute approximate surface area is 151 Å². The van der Waals surface area contributed by atoms with Crippen molar-refractivity contribution in [2.75, 3.05) is 0 Å². The molecule has 0 saturated carbocycles. The number of hydrogen-bond acceptors (Lipinski definition) is 4. The molecule has 23 heavy (non-hydrogen) atoms. The number of hydrogen-bond donors (Lipinski definition) is 0. The molecule has 0 rings (SSSR count). The molecule has 0 aliphatic carbocycles. The van der Waals surface area contributed by atoms with E-state index in [0.717, 1.165) is 0 Å². The Bertz CT molecular complexity index is 372. The molecule has 0 saturated heterocycles. The van der Waals surface area contributed by atoms with Gasteiger partial charge >= 0.3 is 0 Å². The summed E-state index contributed by atoms with van der Waals surface area (Å²) in [4.78, 5) is 43.1. The first kappa shape index (κ1) is 27.1. The van der Waals surface area contributed by atoms with Crippen molar-refractivity contribution in [3.63, 3.8) is 0 Å². The third-order valence-electron chi connectivity index (χ3n) is 2.35. The van der Waals surface area contributed by atoms with Gasteiger partial charge in [-0.25, -0.2) is 0 Å². The molecule has 0 unspecified atom stereocenters. The summed E-state index contributed by atoms with van der Waals surface area (Å²) in [6.45, 7) is 14.8. The van der Waals surface area contributed by atoms with Crippen LogP contribution >= 0.6 is 0 Å². The average molecular weight is 376 g/mol. The number of carbonyl (C=O) groups excluding carboxylic acids is 4. The van der Waals surface area contributed by atoms with E-state index in [1.165, 1.54) is 13.8 Å². The Morgan fingerprint density at radius 3 is 0.957 bits per heavy atom. The third kappa shape index (κ3) is 26.4. The molecule has 0 amide bonds. The zero-order valence-electron chi connectivity index (χ0n) is 15.8. The van der Waals surface area contributed by atoms with Crippen LogP contribution in [-0.4, -0.2) is 23.1 Å². The van der Waals surface area contributed by atoms with Gasteiger partial charge in [-0.3, -0.25) is 19.2 Å². The standard InChI is InChI=1S/2C9H16O2.Cu/c2*1-7(10)5-8(11)6-9(2,3)4;/h2*5-6H2,1-4H3;. The van der Waals surface area contributed by atoms with Crippen LogP contribution in [0.3, 0.4) is 0 Å². The number of ketones is 4. The quantitative estimate of drug-likeness (QED) is 0.520. The van der Waals surface area contributed by atoms with Crippen molar-refractivity contribution in [3.05, 3.63) is 0 Å². The summed E-state index contributed by atoms with van der Waals surface area (Å²) in [5.41, 5.74) is 0.0130. The minimum Gasteiger partial charge on any atom is -0.300 e. The molecule has 139 valence electrons. The van der Waals surface area contributed by atoms with Gasteiger partial charge in [-0.15, -0.1) is 0 Å². The Morgan fingerprint density at radius 1 is 0.609 bits per heavy atom. The zero-order chi connectivity index (χ0) is 18.1. The molecule has 0 aliphatic rings.